The van der Waals surface area contributed by atoms with E-state index in [2.05, 4.69) is 18.7 Å². The number of amides is 1. The van der Waals surface area contributed by atoms with E-state index in [1.165, 1.54) is 180 Å². The van der Waals surface area contributed by atoms with Crippen LogP contribution in [-0.4, -0.2) is 23.9 Å². The molecule has 0 aliphatic rings. The van der Waals surface area contributed by atoms with Crippen molar-refractivity contribution in [2.45, 2.75) is 207 Å². The molecule has 0 fully saturated rings. The second kappa shape index (κ2) is 31.7. The van der Waals surface area contributed by atoms with Crippen LogP contribution in [0.3, 0.4) is 0 Å². The average molecular weight is 522 g/mol. The monoisotopic (exact) mass is 522 g/mol. The van der Waals surface area contributed by atoms with Crippen molar-refractivity contribution < 1.29 is 4.79 Å². The Hall–Kier alpha value is -0.530. The maximum absolute atomic E-state index is 12.4. The average Bonchev–Trinajstić information content (AvgIpc) is 2.91. The molecule has 222 valence electrons. The molecule has 0 aromatic heterocycles. The molecule has 0 aliphatic heterocycles. The van der Waals surface area contributed by atoms with Crippen molar-refractivity contribution >= 4 is 5.91 Å². The molecule has 1 amide bonds. The summed E-state index contributed by atoms with van der Waals surface area (Å²) in [7, 11) is 0. The lowest BCUT2D eigenvalue weighted by Gasteiger charge is -2.22. The van der Waals surface area contributed by atoms with Gasteiger partial charge in [0.25, 0.3) is 0 Å². The van der Waals surface area contributed by atoms with E-state index in [-0.39, 0.29) is 0 Å². The minimum atomic E-state index is 0.365. The number of carbonyl (C=O) groups is 1. The van der Waals surface area contributed by atoms with Gasteiger partial charge in [-0.05, 0) is 12.8 Å². The summed E-state index contributed by atoms with van der Waals surface area (Å²) >= 11 is 0. The van der Waals surface area contributed by atoms with Gasteiger partial charge in [-0.15, -0.1) is 0 Å². The second-order valence-electron chi connectivity index (χ2n) is 11.9. The van der Waals surface area contributed by atoms with Crippen LogP contribution in [0.25, 0.3) is 0 Å². The van der Waals surface area contributed by atoms with Gasteiger partial charge < -0.3 is 4.90 Å². The molecule has 0 aromatic carbocycles. The maximum atomic E-state index is 12.4. The third-order valence-corrected chi connectivity index (χ3v) is 8.22. The van der Waals surface area contributed by atoms with Gasteiger partial charge in [0.15, 0.2) is 0 Å². The van der Waals surface area contributed by atoms with Crippen molar-refractivity contribution in [1.29, 1.82) is 0 Å². The lowest BCUT2D eigenvalue weighted by Crippen LogP contribution is -2.32. The predicted octanol–water partition coefficient (Wildman–Crippen LogP) is 12.2. The number of nitrogens with zero attached hydrogens (tertiary/aromatic N) is 1. The van der Waals surface area contributed by atoms with Gasteiger partial charge in [0.2, 0.25) is 5.91 Å². The molecule has 0 aliphatic carbocycles. The Morgan fingerprint density at radius 1 is 0.351 bits per heavy atom. The molecular formula is C35H71NO. The van der Waals surface area contributed by atoms with E-state index in [0.717, 1.165) is 13.1 Å². The molecule has 0 bridgehead atoms. The minimum Gasteiger partial charge on any atom is -0.343 e. The molecule has 2 nitrogen and oxygen atoms in total. The van der Waals surface area contributed by atoms with Crippen molar-refractivity contribution in [3.8, 4) is 0 Å². The molecule has 0 N–H and O–H groups in total. The highest BCUT2D eigenvalue weighted by Crippen LogP contribution is 2.15. The van der Waals surface area contributed by atoms with Crippen molar-refractivity contribution in [2.75, 3.05) is 13.1 Å². The largest absolute Gasteiger partial charge is 0.343 e. The summed E-state index contributed by atoms with van der Waals surface area (Å²) in [4.78, 5) is 14.5. The Labute approximate surface area is 235 Å². The number of hydrogen-bond donors (Lipinski definition) is 0. The molecule has 0 saturated heterocycles. The first-order chi connectivity index (χ1) is 18.3. The van der Waals surface area contributed by atoms with Crippen LogP contribution in [0.4, 0.5) is 0 Å². The van der Waals surface area contributed by atoms with Gasteiger partial charge in [0.1, 0.15) is 0 Å². The number of rotatable bonds is 31. The first-order valence-electron chi connectivity index (χ1n) is 17.5. The molecule has 0 radical (unpaired) electrons. The Bertz CT molecular complexity index is 403. The fourth-order valence-electron chi connectivity index (χ4n) is 5.58. The number of carbonyl (C=O) groups excluding carboxylic acids is 1. The second-order valence-corrected chi connectivity index (χ2v) is 11.9. The number of unbranched alkanes of at least 4 members (excludes halogenated alkanes) is 26. The van der Waals surface area contributed by atoms with E-state index in [0.29, 0.717) is 12.3 Å². The molecule has 37 heavy (non-hydrogen) atoms. The van der Waals surface area contributed by atoms with E-state index >= 15 is 0 Å². The van der Waals surface area contributed by atoms with Crippen molar-refractivity contribution in [3.63, 3.8) is 0 Å². The maximum Gasteiger partial charge on any atom is 0.222 e. The SMILES string of the molecule is CCCCCCCCCCCCCCCCN(CCCCCCCCCCCCCCCC)C(=O)CC. The van der Waals surface area contributed by atoms with Gasteiger partial charge >= 0.3 is 0 Å². The van der Waals surface area contributed by atoms with Crippen LogP contribution in [0, 0.1) is 0 Å². The number of hydrogen-bond acceptors (Lipinski definition) is 1. The fourth-order valence-corrected chi connectivity index (χ4v) is 5.58. The van der Waals surface area contributed by atoms with Crippen LogP contribution in [0.5, 0.6) is 0 Å². The normalized spacial score (nSPS) is 11.3. The van der Waals surface area contributed by atoms with Gasteiger partial charge in [-0.2, -0.15) is 0 Å². The van der Waals surface area contributed by atoms with Gasteiger partial charge in [0, 0.05) is 19.5 Å². The van der Waals surface area contributed by atoms with Gasteiger partial charge in [-0.25, -0.2) is 0 Å². The van der Waals surface area contributed by atoms with Crippen LogP contribution in [0.1, 0.15) is 207 Å². The molecule has 0 rings (SSSR count). The molecule has 0 saturated carbocycles. The van der Waals surface area contributed by atoms with Crippen LogP contribution < -0.4 is 0 Å². The molecule has 0 aromatic rings. The van der Waals surface area contributed by atoms with Gasteiger partial charge in [0.05, 0.1) is 0 Å². The highest BCUT2D eigenvalue weighted by atomic mass is 16.2. The van der Waals surface area contributed by atoms with E-state index in [9.17, 15) is 4.79 Å². The van der Waals surface area contributed by atoms with Crippen LogP contribution in [-0.2, 0) is 4.79 Å². The summed E-state index contributed by atoms with van der Waals surface area (Å²) in [5, 5.41) is 0. The summed E-state index contributed by atoms with van der Waals surface area (Å²) in [5.74, 6) is 0.365. The van der Waals surface area contributed by atoms with Crippen LogP contribution in [0.15, 0.2) is 0 Å². The standard InChI is InChI=1S/C35H71NO/c1-4-7-9-11-13-15-17-19-21-23-25-27-29-31-33-36(35(37)6-3)34-32-30-28-26-24-22-20-18-16-14-12-10-8-5-2/h4-34H2,1-3H3. The lowest BCUT2D eigenvalue weighted by molar-refractivity contribution is -0.131. The van der Waals surface area contributed by atoms with Crippen molar-refractivity contribution in [3.05, 3.63) is 0 Å². The first kappa shape index (κ1) is 36.5. The third kappa shape index (κ3) is 28.3. The topological polar surface area (TPSA) is 20.3 Å². The summed E-state index contributed by atoms with van der Waals surface area (Å²) in [6.45, 7) is 8.59. The summed E-state index contributed by atoms with van der Waals surface area (Å²) in [5.41, 5.74) is 0. The van der Waals surface area contributed by atoms with Crippen molar-refractivity contribution in [1.82, 2.24) is 4.90 Å². The molecule has 0 heterocycles. The predicted molar refractivity (Wildman–Crippen MR) is 167 cm³/mol. The quantitative estimate of drug-likeness (QED) is 0.0830. The summed E-state index contributed by atoms with van der Waals surface area (Å²) in [6, 6.07) is 0. The molecule has 0 spiro atoms. The molecule has 2 heteroatoms. The zero-order valence-electron chi connectivity index (χ0n) is 26.3. The molecular weight excluding hydrogens is 450 g/mol. The van der Waals surface area contributed by atoms with E-state index in [1.54, 1.807) is 0 Å². The fraction of sp³-hybridized carbons (Fsp3) is 0.971. The Morgan fingerprint density at radius 2 is 0.568 bits per heavy atom. The third-order valence-electron chi connectivity index (χ3n) is 8.22. The lowest BCUT2D eigenvalue weighted by atomic mass is 10.0. The van der Waals surface area contributed by atoms with E-state index in [1.807, 2.05) is 6.92 Å². The minimum absolute atomic E-state index is 0.365. The smallest absolute Gasteiger partial charge is 0.222 e. The Morgan fingerprint density at radius 3 is 0.784 bits per heavy atom. The van der Waals surface area contributed by atoms with E-state index in [4.69, 9.17) is 0 Å². The van der Waals surface area contributed by atoms with Gasteiger partial charge in [-0.1, -0.05) is 188 Å². The van der Waals surface area contributed by atoms with Crippen molar-refractivity contribution in [2.24, 2.45) is 0 Å². The zero-order chi connectivity index (χ0) is 27.1. The van der Waals surface area contributed by atoms with Crippen LogP contribution in [0.2, 0.25) is 0 Å². The summed E-state index contributed by atoms with van der Waals surface area (Å²) in [6.07, 6.45) is 39.7. The highest BCUT2D eigenvalue weighted by Gasteiger charge is 2.10. The Balaban J connectivity index is 3.51. The molecule has 0 unspecified atom stereocenters. The Kier molecular flexibility index (Phi) is 31.2. The van der Waals surface area contributed by atoms with Gasteiger partial charge in [-0.3, -0.25) is 4.79 Å². The first-order valence-corrected chi connectivity index (χ1v) is 17.5. The highest BCUT2D eigenvalue weighted by molar-refractivity contribution is 5.75. The van der Waals surface area contributed by atoms with Crippen LogP contribution >= 0.6 is 0 Å². The molecule has 0 atom stereocenters. The van der Waals surface area contributed by atoms with E-state index < -0.39 is 0 Å². The zero-order valence-corrected chi connectivity index (χ0v) is 26.3. The summed E-state index contributed by atoms with van der Waals surface area (Å²) < 4.78 is 0.